The number of Topliss-reactive ketones (excluding diaryl/α,β-unsaturated/α-hetero) is 1. The third-order valence-electron chi connectivity index (χ3n) is 2.69. The summed E-state index contributed by atoms with van der Waals surface area (Å²) in [4.78, 5) is 11.9. The Morgan fingerprint density at radius 1 is 1.20 bits per heavy atom. The van der Waals surface area contributed by atoms with Gasteiger partial charge in [0, 0.05) is 22.3 Å². The lowest BCUT2D eigenvalue weighted by molar-refractivity contribution is 0.103. The van der Waals surface area contributed by atoms with Crippen molar-refractivity contribution >= 4 is 11.5 Å². The summed E-state index contributed by atoms with van der Waals surface area (Å²) < 4.78 is 5.32. The van der Waals surface area contributed by atoms with Gasteiger partial charge in [0.2, 0.25) is 0 Å². The molecule has 76 valence electrons. The van der Waals surface area contributed by atoms with Gasteiger partial charge in [0.25, 0.3) is 0 Å². The van der Waals surface area contributed by atoms with Crippen LogP contribution in [0.3, 0.4) is 0 Å². The molecular formula is C13H12O2. The fraction of sp³-hybridized carbons (Fsp3) is 0.154. The molecule has 0 saturated heterocycles. The van der Waals surface area contributed by atoms with Crippen LogP contribution in [0, 0.1) is 0 Å². The molecule has 1 aliphatic rings. The van der Waals surface area contributed by atoms with Crippen molar-refractivity contribution in [3.05, 3.63) is 53.1 Å². The monoisotopic (exact) mass is 200 g/mol. The van der Waals surface area contributed by atoms with Crippen LogP contribution in [0.4, 0.5) is 0 Å². The first-order valence-corrected chi connectivity index (χ1v) is 4.75. The number of benzene rings is 1. The average molecular weight is 200 g/mol. The topological polar surface area (TPSA) is 26.3 Å². The van der Waals surface area contributed by atoms with Crippen LogP contribution in [0.25, 0.3) is 5.76 Å². The van der Waals surface area contributed by atoms with E-state index >= 15 is 0 Å². The zero-order valence-electron chi connectivity index (χ0n) is 8.83. The van der Waals surface area contributed by atoms with Gasteiger partial charge in [-0.2, -0.15) is 0 Å². The molecule has 0 aromatic heterocycles. The van der Waals surface area contributed by atoms with Crippen LogP contribution in [0.2, 0.25) is 0 Å². The first-order chi connectivity index (χ1) is 7.16. The number of carbonyl (C=O) groups excluding carboxylic acids is 1. The second-order valence-corrected chi connectivity index (χ2v) is 3.51. The number of hydrogen-bond donors (Lipinski definition) is 0. The van der Waals surface area contributed by atoms with Crippen LogP contribution in [0.5, 0.6) is 0 Å². The Balaban J connectivity index is 2.75. The predicted molar refractivity (Wildman–Crippen MR) is 59.5 cm³/mol. The zero-order valence-corrected chi connectivity index (χ0v) is 8.83. The molecule has 0 fully saturated rings. The maximum absolute atomic E-state index is 11.9. The molecule has 0 saturated carbocycles. The summed E-state index contributed by atoms with van der Waals surface area (Å²) in [5.41, 5.74) is 2.87. The summed E-state index contributed by atoms with van der Waals surface area (Å²) in [6.45, 7) is 5.64. The van der Waals surface area contributed by atoms with E-state index in [0.717, 1.165) is 16.9 Å². The highest BCUT2D eigenvalue weighted by Crippen LogP contribution is 2.33. The van der Waals surface area contributed by atoms with Crippen LogP contribution in [0.1, 0.15) is 22.8 Å². The number of hydrogen-bond acceptors (Lipinski definition) is 2. The van der Waals surface area contributed by atoms with E-state index in [1.54, 1.807) is 13.2 Å². The summed E-state index contributed by atoms with van der Waals surface area (Å²) in [6.07, 6.45) is 0. The molecule has 0 atom stereocenters. The number of ether oxygens (including phenoxy) is 1. The Hall–Kier alpha value is -1.83. The van der Waals surface area contributed by atoms with E-state index in [-0.39, 0.29) is 5.78 Å². The van der Waals surface area contributed by atoms with Gasteiger partial charge in [-0.25, -0.2) is 0 Å². The predicted octanol–water partition coefficient (Wildman–Crippen LogP) is 2.82. The zero-order chi connectivity index (χ0) is 11.0. The van der Waals surface area contributed by atoms with Crippen LogP contribution < -0.4 is 0 Å². The number of allylic oxidation sites excluding steroid dienone is 2. The first kappa shape index (κ1) is 9.71. The molecule has 0 bridgehead atoms. The summed E-state index contributed by atoms with van der Waals surface area (Å²) in [5, 5.41) is 0. The van der Waals surface area contributed by atoms with Gasteiger partial charge in [0.1, 0.15) is 5.76 Å². The summed E-state index contributed by atoms with van der Waals surface area (Å²) in [6, 6.07) is 7.43. The molecule has 0 unspecified atom stereocenters. The summed E-state index contributed by atoms with van der Waals surface area (Å²) in [5.74, 6) is 0.735. The standard InChI is InChI=1S/C13H12O2/c1-8-9(2)13(15-3)11-7-5-4-6-10(11)12(8)14/h4-7H,1H2,2-3H3. The number of carbonyl (C=O) groups is 1. The van der Waals surface area contributed by atoms with E-state index in [0.29, 0.717) is 11.1 Å². The van der Waals surface area contributed by atoms with E-state index in [1.165, 1.54) is 0 Å². The van der Waals surface area contributed by atoms with Crippen molar-refractivity contribution < 1.29 is 9.53 Å². The number of ketones is 1. The van der Waals surface area contributed by atoms with E-state index in [1.807, 2.05) is 25.1 Å². The van der Waals surface area contributed by atoms with Crippen LogP contribution in [0.15, 0.2) is 42.0 Å². The fourth-order valence-electron chi connectivity index (χ4n) is 1.81. The minimum atomic E-state index is -0.0103. The third kappa shape index (κ3) is 1.30. The molecule has 0 amide bonds. The van der Waals surface area contributed by atoms with Gasteiger partial charge in [0.15, 0.2) is 5.78 Å². The number of methoxy groups -OCH3 is 1. The highest BCUT2D eigenvalue weighted by molar-refractivity contribution is 6.17. The van der Waals surface area contributed by atoms with Gasteiger partial charge in [-0.1, -0.05) is 30.8 Å². The Labute approximate surface area is 88.9 Å². The molecule has 2 nitrogen and oxygen atoms in total. The number of rotatable bonds is 1. The van der Waals surface area contributed by atoms with Crippen molar-refractivity contribution in [3.8, 4) is 0 Å². The molecule has 1 aromatic carbocycles. The highest BCUT2D eigenvalue weighted by atomic mass is 16.5. The lowest BCUT2D eigenvalue weighted by Crippen LogP contribution is -2.14. The van der Waals surface area contributed by atoms with Gasteiger partial charge < -0.3 is 4.74 Å². The SMILES string of the molecule is C=C1C(=O)c2ccccc2C(OC)=C1C. The van der Waals surface area contributed by atoms with Crippen molar-refractivity contribution in [1.29, 1.82) is 0 Å². The Morgan fingerprint density at radius 2 is 1.80 bits per heavy atom. The van der Waals surface area contributed by atoms with E-state index < -0.39 is 0 Å². The summed E-state index contributed by atoms with van der Waals surface area (Å²) in [7, 11) is 1.61. The Bertz CT molecular complexity index is 481. The van der Waals surface area contributed by atoms with Crippen molar-refractivity contribution in [2.45, 2.75) is 6.92 Å². The molecule has 1 aliphatic carbocycles. The maximum atomic E-state index is 11.9. The highest BCUT2D eigenvalue weighted by Gasteiger charge is 2.26. The maximum Gasteiger partial charge on any atom is 0.193 e. The molecular weight excluding hydrogens is 188 g/mol. The van der Waals surface area contributed by atoms with Gasteiger partial charge >= 0.3 is 0 Å². The molecule has 0 aliphatic heterocycles. The van der Waals surface area contributed by atoms with Crippen LogP contribution >= 0.6 is 0 Å². The normalized spacial score (nSPS) is 15.3. The second kappa shape index (κ2) is 3.39. The second-order valence-electron chi connectivity index (χ2n) is 3.51. The smallest absolute Gasteiger partial charge is 0.193 e. The fourth-order valence-corrected chi connectivity index (χ4v) is 1.81. The molecule has 0 N–H and O–H groups in total. The van der Waals surface area contributed by atoms with Gasteiger partial charge in [-0.15, -0.1) is 0 Å². The molecule has 0 spiro atoms. The molecule has 1 aromatic rings. The average Bonchev–Trinajstić information content (AvgIpc) is 2.27. The lowest BCUT2D eigenvalue weighted by atomic mass is 9.87. The Morgan fingerprint density at radius 3 is 2.40 bits per heavy atom. The minimum Gasteiger partial charge on any atom is -0.496 e. The van der Waals surface area contributed by atoms with Crippen LogP contribution in [-0.4, -0.2) is 12.9 Å². The molecule has 0 heterocycles. The van der Waals surface area contributed by atoms with E-state index in [2.05, 4.69) is 6.58 Å². The molecule has 15 heavy (non-hydrogen) atoms. The van der Waals surface area contributed by atoms with E-state index in [9.17, 15) is 4.79 Å². The van der Waals surface area contributed by atoms with E-state index in [4.69, 9.17) is 4.74 Å². The van der Waals surface area contributed by atoms with Crippen molar-refractivity contribution in [1.82, 2.24) is 0 Å². The lowest BCUT2D eigenvalue weighted by Gasteiger charge is -2.20. The largest absolute Gasteiger partial charge is 0.496 e. The van der Waals surface area contributed by atoms with Crippen molar-refractivity contribution in [3.63, 3.8) is 0 Å². The first-order valence-electron chi connectivity index (χ1n) is 4.75. The van der Waals surface area contributed by atoms with Crippen LogP contribution in [-0.2, 0) is 4.74 Å². The molecule has 0 radical (unpaired) electrons. The quantitative estimate of drug-likeness (QED) is 0.651. The number of fused-ring (bicyclic) bond motifs is 1. The third-order valence-corrected chi connectivity index (χ3v) is 2.69. The Kier molecular flexibility index (Phi) is 2.19. The van der Waals surface area contributed by atoms with Gasteiger partial charge in [-0.05, 0) is 6.92 Å². The minimum absolute atomic E-state index is 0.0103. The summed E-state index contributed by atoms with van der Waals surface area (Å²) >= 11 is 0. The van der Waals surface area contributed by atoms with Crippen molar-refractivity contribution in [2.75, 3.05) is 7.11 Å². The molecule has 2 rings (SSSR count). The molecule has 2 heteroatoms. The van der Waals surface area contributed by atoms with Gasteiger partial charge in [-0.3, -0.25) is 4.79 Å². The van der Waals surface area contributed by atoms with Gasteiger partial charge in [0.05, 0.1) is 7.11 Å². The van der Waals surface area contributed by atoms with Crippen molar-refractivity contribution in [2.24, 2.45) is 0 Å².